The number of carbonyl (C=O) groups excluding carboxylic acids is 3. The maximum atomic E-state index is 13.2. The van der Waals surface area contributed by atoms with E-state index < -0.39 is 5.97 Å². The fourth-order valence-corrected chi connectivity index (χ4v) is 4.06. The summed E-state index contributed by atoms with van der Waals surface area (Å²) in [5.74, 6) is -0.255. The van der Waals surface area contributed by atoms with Gasteiger partial charge in [0.25, 0.3) is 0 Å². The van der Waals surface area contributed by atoms with E-state index in [1.807, 2.05) is 18.4 Å². The Labute approximate surface area is 160 Å². The van der Waals surface area contributed by atoms with Gasteiger partial charge < -0.3 is 14.2 Å². The molecule has 2 aliphatic rings. The average molecular weight is 374 g/mol. The summed E-state index contributed by atoms with van der Waals surface area (Å²) < 4.78 is 7.03. The Morgan fingerprint density at radius 3 is 2.26 bits per heavy atom. The van der Waals surface area contributed by atoms with Crippen LogP contribution in [0.25, 0.3) is 0 Å². The van der Waals surface area contributed by atoms with Crippen molar-refractivity contribution in [2.45, 2.75) is 72.4 Å². The van der Waals surface area contributed by atoms with E-state index in [9.17, 15) is 14.4 Å². The number of rotatable bonds is 8. The Morgan fingerprint density at radius 2 is 1.78 bits per heavy atom. The minimum atomic E-state index is -0.399. The normalized spacial score (nSPS) is 16.7. The van der Waals surface area contributed by atoms with E-state index in [1.165, 1.54) is 0 Å². The van der Waals surface area contributed by atoms with Gasteiger partial charge in [0, 0.05) is 29.8 Å². The van der Waals surface area contributed by atoms with Gasteiger partial charge in [-0.15, -0.1) is 0 Å². The number of ether oxygens (including phenoxy) is 1. The number of Topliss-reactive ketones (excluding diaryl/α,β-unsaturated/α-hetero) is 1. The lowest BCUT2D eigenvalue weighted by atomic mass is 9.84. The van der Waals surface area contributed by atoms with Gasteiger partial charge in [-0.25, -0.2) is 4.79 Å². The van der Waals surface area contributed by atoms with Crippen molar-refractivity contribution in [1.29, 1.82) is 0 Å². The van der Waals surface area contributed by atoms with Crippen LogP contribution in [0.3, 0.4) is 0 Å². The zero-order valence-electron chi connectivity index (χ0n) is 16.8. The molecule has 0 aliphatic heterocycles. The van der Waals surface area contributed by atoms with Gasteiger partial charge >= 0.3 is 5.97 Å². The molecule has 0 N–H and O–H groups in total. The molecule has 6 heteroatoms. The molecule has 0 bridgehead atoms. The lowest BCUT2D eigenvalue weighted by Crippen LogP contribution is -2.43. The van der Waals surface area contributed by atoms with Crippen molar-refractivity contribution in [1.82, 2.24) is 9.47 Å². The van der Waals surface area contributed by atoms with Crippen LogP contribution < -0.4 is 0 Å². The molecule has 2 saturated carbocycles. The van der Waals surface area contributed by atoms with Crippen LogP contribution in [0.1, 0.15) is 78.1 Å². The van der Waals surface area contributed by atoms with Crippen molar-refractivity contribution >= 4 is 17.7 Å². The summed E-state index contributed by atoms with van der Waals surface area (Å²) in [5, 5.41) is 0. The van der Waals surface area contributed by atoms with Gasteiger partial charge in [0.15, 0.2) is 5.78 Å². The van der Waals surface area contributed by atoms with Crippen LogP contribution in [0.4, 0.5) is 0 Å². The first-order chi connectivity index (χ1) is 12.9. The van der Waals surface area contributed by atoms with Crippen LogP contribution in [0.15, 0.2) is 0 Å². The Morgan fingerprint density at radius 1 is 1.11 bits per heavy atom. The number of hydrogen-bond acceptors (Lipinski definition) is 4. The van der Waals surface area contributed by atoms with Gasteiger partial charge in [0.2, 0.25) is 5.91 Å². The molecule has 0 atom stereocenters. The Kier molecular flexibility index (Phi) is 5.72. The third-order valence-electron chi connectivity index (χ3n) is 5.87. The van der Waals surface area contributed by atoms with Crippen molar-refractivity contribution in [3.63, 3.8) is 0 Å². The molecule has 27 heavy (non-hydrogen) atoms. The minimum absolute atomic E-state index is 0.0812. The molecule has 0 spiro atoms. The third-order valence-corrected chi connectivity index (χ3v) is 5.87. The topological polar surface area (TPSA) is 68.6 Å². The largest absolute Gasteiger partial charge is 0.461 e. The number of ketones is 1. The molecule has 1 amide bonds. The summed E-state index contributed by atoms with van der Waals surface area (Å²) in [6, 6.07) is 0.209. The molecule has 1 aromatic heterocycles. The molecule has 6 nitrogen and oxygen atoms in total. The van der Waals surface area contributed by atoms with Gasteiger partial charge in [-0.3, -0.25) is 9.59 Å². The van der Waals surface area contributed by atoms with Crippen LogP contribution in [-0.4, -0.2) is 46.3 Å². The SMILES string of the molecule is CCOC(=O)c1c(C)c(C(=O)CN(C(=O)C2CCC2)C2CC2)c(C)n1CC. The second kappa shape index (κ2) is 7.87. The van der Waals surface area contributed by atoms with E-state index in [4.69, 9.17) is 4.74 Å². The average Bonchev–Trinajstić information content (AvgIpc) is 3.36. The molecule has 0 unspecified atom stereocenters. The minimum Gasteiger partial charge on any atom is -0.461 e. The maximum absolute atomic E-state index is 13.2. The van der Waals surface area contributed by atoms with Crippen LogP contribution >= 0.6 is 0 Å². The quantitative estimate of drug-likeness (QED) is 0.517. The van der Waals surface area contributed by atoms with Crippen LogP contribution in [0.5, 0.6) is 0 Å². The van der Waals surface area contributed by atoms with Crippen molar-refractivity contribution in [2.75, 3.05) is 13.2 Å². The highest BCUT2D eigenvalue weighted by molar-refractivity contribution is 6.05. The fourth-order valence-electron chi connectivity index (χ4n) is 4.06. The third kappa shape index (κ3) is 3.66. The monoisotopic (exact) mass is 374 g/mol. The van der Waals surface area contributed by atoms with Crippen molar-refractivity contribution in [3.8, 4) is 0 Å². The fraction of sp³-hybridized carbons (Fsp3) is 0.667. The first-order valence-corrected chi connectivity index (χ1v) is 10.1. The van der Waals surface area contributed by atoms with E-state index in [-0.39, 0.29) is 30.2 Å². The zero-order chi connectivity index (χ0) is 19.7. The standard InChI is InChI=1S/C21H30N2O4/c1-5-22-14(4)18(13(3)19(22)21(26)27-6-2)17(24)12-23(16-10-11-16)20(25)15-8-7-9-15/h15-16H,5-12H2,1-4H3. The van der Waals surface area contributed by atoms with Crippen LogP contribution in [0, 0.1) is 19.8 Å². The first-order valence-electron chi connectivity index (χ1n) is 10.1. The molecule has 2 aliphatic carbocycles. The van der Waals surface area contributed by atoms with E-state index in [0.717, 1.165) is 37.8 Å². The summed E-state index contributed by atoms with van der Waals surface area (Å²) in [5.41, 5.74) is 2.44. The summed E-state index contributed by atoms with van der Waals surface area (Å²) in [6.07, 6.45) is 4.94. The molecule has 148 valence electrons. The summed E-state index contributed by atoms with van der Waals surface area (Å²) in [7, 11) is 0. The predicted octanol–water partition coefficient (Wildman–Crippen LogP) is 3.28. The van der Waals surface area contributed by atoms with Gasteiger partial charge in [-0.05, 0) is 58.9 Å². The molecule has 1 aromatic rings. The van der Waals surface area contributed by atoms with Crippen LogP contribution in [-0.2, 0) is 16.1 Å². The Bertz CT molecular complexity index is 757. The summed E-state index contributed by atoms with van der Waals surface area (Å²) in [4.78, 5) is 40.1. The van der Waals surface area contributed by atoms with E-state index >= 15 is 0 Å². The summed E-state index contributed by atoms with van der Waals surface area (Å²) >= 11 is 0. The molecule has 0 aromatic carbocycles. The Balaban J connectivity index is 1.87. The number of amides is 1. The molecule has 2 fully saturated rings. The lowest BCUT2D eigenvalue weighted by molar-refractivity contribution is -0.138. The molecular weight excluding hydrogens is 344 g/mol. The zero-order valence-corrected chi connectivity index (χ0v) is 16.8. The van der Waals surface area contributed by atoms with Crippen LogP contribution in [0.2, 0.25) is 0 Å². The lowest BCUT2D eigenvalue weighted by Gasteiger charge is -2.31. The number of esters is 1. The second-order valence-corrected chi connectivity index (χ2v) is 7.65. The molecule has 0 radical (unpaired) electrons. The van der Waals surface area contributed by atoms with Gasteiger partial charge in [0.1, 0.15) is 5.69 Å². The van der Waals surface area contributed by atoms with Gasteiger partial charge in [-0.1, -0.05) is 6.42 Å². The number of aromatic nitrogens is 1. The molecule has 1 heterocycles. The van der Waals surface area contributed by atoms with Gasteiger partial charge in [-0.2, -0.15) is 0 Å². The van der Waals surface area contributed by atoms with Crippen molar-refractivity contribution in [2.24, 2.45) is 5.92 Å². The molecule has 0 saturated heterocycles. The predicted molar refractivity (Wildman–Crippen MR) is 102 cm³/mol. The maximum Gasteiger partial charge on any atom is 0.355 e. The molecular formula is C21H30N2O4. The summed E-state index contributed by atoms with van der Waals surface area (Å²) in [6.45, 7) is 8.36. The van der Waals surface area contributed by atoms with Crippen molar-refractivity contribution < 1.29 is 19.1 Å². The highest BCUT2D eigenvalue weighted by Gasteiger charge is 2.39. The second-order valence-electron chi connectivity index (χ2n) is 7.65. The number of nitrogens with zero attached hydrogens (tertiary/aromatic N) is 2. The van der Waals surface area contributed by atoms with E-state index in [1.54, 1.807) is 18.7 Å². The number of carbonyl (C=O) groups is 3. The first kappa shape index (κ1) is 19.6. The van der Waals surface area contributed by atoms with E-state index in [2.05, 4.69) is 0 Å². The smallest absolute Gasteiger partial charge is 0.355 e. The number of hydrogen-bond donors (Lipinski definition) is 0. The highest BCUT2D eigenvalue weighted by Crippen LogP contribution is 2.34. The highest BCUT2D eigenvalue weighted by atomic mass is 16.5. The van der Waals surface area contributed by atoms with E-state index in [0.29, 0.717) is 30.0 Å². The Hall–Kier alpha value is -2.11. The van der Waals surface area contributed by atoms with Gasteiger partial charge in [0.05, 0.1) is 13.2 Å². The van der Waals surface area contributed by atoms with Crippen molar-refractivity contribution in [3.05, 3.63) is 22.5 Å². The molecule has 3 rings (SSSR count).